The van der Waals surface area contributed by atoms with Crippen LogP contribution in [0.4, 0.5) is 0 Å². The van der Waals surface area contributed by atoms with Crippen LogP contribution in [0.2, 0.25) is 0 Å². The summed E-state index contributed by atoms with van der Waals surface area (Å²) < 4.78 is 47.1. The van der Waals surface area contributed by atoms with E-state index in [9.17, 15) is 18.3 Å². The Bertz CT molecular complexity index is 1900. The average molecular weight is 723 g/mol. The van der Waals surface area contributed by atoms with Gasteiger partial charge in [0.15, 0.2) is 11.2 Å². The SMILES string of the molecule is CCCOc1ccc(S(=O)(=O)N2CCOCC2)cc1-c1nc2c(ncn2C(CCCCCc2ccc(CN3CCOCC3)cc2)C(C)O)c(=O)[nH]1. The van der Waals surface area contributed by atoms with Crippen molar-refractivity contribution >= 4 is 21.2 Å². The van der Waals surface area contributed by atoms with Gasteiger partial charge >= 0.3 is 0 Å². The van der Waals surface area contributed by atoms with Crippen molar-refractivity contribution in [2.75, 3.05) is 59.2 Å². The maximum absolute atomic E-state index is 13.6. The first kappa shape index (κ1) is 37.1. The lowest BCUT2D eigenvalue weighted by Crippen LogP contribution is -2.40. The topological polar surface area (TPSA) is 152 Å². The highest BCUT2D eigenvalue weighted by atomic mass is 32.2. The number of ether oxygens (including phenoxy) is 3. The van der Waals surface area contributed by atoms with Crippen LogP contribution in [-0.4, -0.2) is 108 Å². The van der Waals surface area contributed by atoms with E-state index < -0.39 is 21.7 Å². The number of fused-ring (bicyclic) bond motifs is 1. The smallest absolute Gasteiger partial charge is 0.279 e. The number of aromatic amines is 1. The fraction of sp³-hybridized carbons (Fsp3) is 0.541. The number of aromatic nitrogens is 4. The zero-order chi connectivity index (χ0) is 35.8. The van der Waals surface area contributed by atoms with E-state index >= 15 is 0 Å². The van der Waals surface area contributed by atoms with E-state index in [4.69, 9.17) is 19.2 Å². The first-order chi connectivity index (χ1) is 24.7. The molecule has 2 aromatic heterocycles. The van der Waals surface area contributed by atoms with Gasteiger partial charge in [-0.2, -0.15) is 4.31 Å². The molecule has 0 bridgehead atoms. The first-order valence-corrected chi connectivity index (χ1v) is 19.6. The minimum atomic E-state index is -3.82. The van der Waals surface area contributed by atoms with Gasteiger partial charge in [0.25, 0.3) is 5.56 Å². The second-order valence-corrected chi connectivity index (χ2v) is 15.3. The summed E-state index contributed by atoms with van der Waals surface area (Å²) in [4.78, 5) is 27.8. The Kier molecular flexibility index (Phi) is 12.5. The maximum atomic E-state index is 13.6. The molecule has 0 amide bonds. The molecule has 0 saturated carbocycles. The van der Waals surface area contributed by atoms with Crippen molar-refractivity contribution in [2.24, 2.45) is 0 Å². The molecule has 2 N–H and O–H groups in total. The summed E-state index contributed by atoms with van der Waals surface area (Å²) in [5.41, 5.74) is 2.99. The highest BCUT2D eigenvalue weighted by Gasteiger charge is 2.28. The molecule has 2 aliphatic rings. The number of morpholine rings is 2. The second-order valence-electron chi connectivity index (χ2n) is 13.4. The summed E-state index contributed by atoms with van der Waals surface area (Å²) in [6, 6.07) is 13.2. The largest absolute Gasteiger partial charge is 0.493 e. The second kappa shape index (κ2) is 17.2. The first-order valence-electron chi connectivity index (χ1n) is 18.1. The van der Waals surface area contributed by atoms with Gasteiger partial charge in [-0.25, -0.2) is 18.4 Å². The Morgan fingerprint density at radius 2 is 1.67 bits per heavy atom. The normalized spacial score (nSPS) is 17.5. The number of benzene rings is 2. The van der Waals surface area contributed by atoms with E-state index in [-0.39, 0.29) is 35.4 Å². The van der Waals surface area contributed by atoms with Crippen molar-refractivity contribution in [1.29, 1.82) is 0 Å². The molecule has 2 unspecified atom stereocenters. The van der Waals surface area contributed by atoms with Crippen LogP contribution in [0.15, 0.2) is 58.5 Å². The summed E-state index contributed by atoms with van der Waals surface area (Å²) in [6.07, 6.45) is 6.09. The van der Waals surface area contributed by atoms with Gasteiger partial charge in [-0.1, -0.05) is 44.0 Å². The van der Waals surface area contributed by atoms with Gasteiger partial charge in [-0.15, -0.1) is 0 Å². The van der Waals surface area contributed by atoms with Crippen LogP contribution >= 0.6 is 0 Å². The van der Waals surface area contributed by atoms with Crippen LogP contribution in [0, 0.1) is 0 Å². The number of hydrogen-bond acceptors (Lipinski definition) is 10. The molecular formula is C37H50N6O7S. The Hall–Kier alpha value is -3.66. The van der Waals surface area contributed by atoms with E-state index in [1.807, 2.05) is 6.92 Å². The molecule has 2 aromatic carbocycles. The summed E-state index contributed by atoms with van der Waals surface area (Å²) in [5, 5.41) is 10.9. The molecule has 51 heavy (non-hydrogen) atoms. The van der Waals surface area contributed by atoms with Crippen LogP contribution in [0.25, 0.3) is 22.6 Å². The highest BCUT2D eigenvalue weighted by Crippen LogP contribution is 2.33. The van der Waals surface area contributed by atoms with Crippen LogP contribution in [-0.2, 0) is 32.5 Å². The quantitative estimate of drug-likeness (QED) is 0.161. The predicted octanol–water partition coefficient (Wildman–Crippen LogP) is 4.15. The minimum Gasteiger partial charge on any atom is -0.493 e. The van der Waals surface area contributed by atoms with E-state index in [2.05, 4.69) is 39.1 Å². The Balaban J connectivity index is 1.16. The van der Waals surface area contributed by atoms with Crippen molar-refractivity contribution in [3.63, 3.8) is 0 Å². The van der Waals surface area contributed by atoms with Crippen molar-refractivity contribution in [3.8, 4) is 17.1 Å². The molecule has 4 heterocycles. The monoisotopic (exact) mass is 722 g/mol. The zero-order valence-corrected chi connectivity index (χ0v) is 30.4. The lowest BCUT2D eigenvalue weighted by atomic mass is 10.0. The van der Waals surface area contributed by atoms with E-state index in [1.165, 1.54) is 27.6 Å². The van der Waals surface area contributed by atoms with Gasteiger partial charge in [0.05, 0.1) is 62.0 Å². The van der Waals surface area contributed by atoms with Crippen LogP contribution < -0.4 is 10.3 Å². The number of unbranched alkanes of at least 4 members (excludes halogenated alkanes) is 2. The van der Waals surface area contributed by atoms with Crippen molar-refractivity contribution < 1.29 is 27.7 Å². The number of nitrogens with zero attached hydrogens (tertiary/aromatic N) is 5. The average Bonchev–Trinajstić information content (AvgIpc) is 3.57. The molecule has 6 rings (SSSR count). The molecule has 0 aliphatic carbocycles. The van der Waals surface area contributed by atoms with Gasteiger partial charge in [0.1, 0.15) is 11.6 Å². The number of H-pyrrole nitrogens is 1. The van der Waals surface area contributed by atoms with E-state index in [1.54, 1.807) is 23.9 Å². The number of nitrogens with one attached hydrogen (secondary N) is 1. The number of rotatable bonds is 16. The third-order valence-electron chi connectivity index (χ3n) is 9.62. The molecule has 0 radical (unpaired) electrons. The Morgan fingerprint density at radius 1 is 0.961 bits per heavy atom. The Labute approximate surface area is 299 Å². The van der Waals surface area contributed by atoms with Gasteiger partial charge in [0.2, 0.25) is 10.0 Å². The van der Waals surface area contributed by atoms with Crippen molar-refractivity contribution in [2.45, 2.75) is 76.0 Å². The summed E-state index contributed by atoms with van der Waals surface area (Å²) >= 11 is 0. The van der Waals surface area contributed by atoms with Gasteiger partial charge < -0.3 is 28.9 Å². The molecule has 13 nitrogen and oxygen atoms in total. The molecule has 4 aromatic rings. The number of aliphatic hydroxyl groups is 1. The number of aliphatic hydroxyl groups excluding tert-OH is 1. The number of imidazole rings is 1. The predicted molar refractivity (Wildman–Crippen MR) is 194 cm³/mol. The van der Waals surface area contributed by atoms with Crippen molar-refractivity contribution in [1.82, 2.24) is 28.7 Å². The molecule has 2 aliphatic heterocycles. The minimum absolute atomic E-state index is 0.0743. The van der Waals surface area contributed by atoms with Gasteiger partial charge in [-0.3, -0.25) is 9.69 Å². The molecular weight excluding hydrogens is 673 g/mol. The molecule has 2 atom stereocenters. The molecule has 14 heteroatoms. The number of aryl methyl sites for hydroxylation is 1. The standard InChI is InChI=1S/C37H50N6O7S/c1-3-19-50-33-14-13-30(51(46,47)42-17-22-49-23-18-42)24-31(33)35-39-36-34(37(45)40-35)38-26-43(36)32(27(2)44)8-6-4-5-7-28-9-11-29(12-10-28)25-41-15-20-48-21-16-41/h9-14,24,26-27,32,44H,3-8,15-23,25H2,1-2H3,(H,39,40,45). The van der Waals surface area contributed by atoms with E-state index in [0.717, 1.165) is 65.0 Å². The van der Waals surface area contributed by atoms with Crippen LogP contribution in [0.5, 0.6) is 5.75 Å². The molecule has 2 saturated heterocycles. The molecule has 276 valence electrons. The van der Waals surface area contributed by atoms with Gasteiger partial charge in [0, 0.05) is 32.7 Å². The maximum Gasteiger partial charge on any atom is 0.279 e. The Morgan fingerprint density at radius 3 is 2.37 bits per heavy atom. The van der Waals surface area contributed by atoms with Crippen LogP contribution in [0.3, 0.4) is 0 Å². The fourth-order valence-corrected chi connectivity index (χ4v) is 8.16. The van der Waals surface area contributed by atoms with Crippen LogP contribution in [0.1, 0.15) is 63.1 Å². The van der Waals surface area contributed by atoms with E-state index in [0.29, 0.717) is 43.2 Å². The van der Waals surface area contributed by atoms with Gasteiger partial charge in [-0.05, 0) is 61.9 Å². The highest BCUT2D eigenvalue weighted by molar-refractivity contribution is 7.89. The number of hydrogen-bond donors (Lipinski definition) is 2. The number of sulfonamides is 1. The zero-order valence-electron chi connectivity index (χ0n) is 29.6. The lowest BCUT2D eigenvalue weighted by Gasteiger charge is -2.26. The summed E-state index contributed by atoms with van der Waals surface area (Å²) in [6.45, 7) is 9.79. The summed E-state index contributed by atoms with van der Waals surface area (Å²) in [5.74, 6) is 0.574. The third kappa shape index (κ3) is 9.05. The third-order valence-corrected chi connectivity index (χ3v) is 11.5. The summed E-state index contributed by atoms with van der Waals surface area (Å²) in [7, 11) is -3.82. The lowest BCUT2D eigenvalue weighted by molar-refractivity contribution is 0.0342. The molecule has 2 fully saturated rings. The van der Waals surface area contributed by atoms with Crippen molar-refractivity contribution in [3.05, 3.63) is 70.3 Å². The molecule has 0 spiro atoms. The fourth-order valence-electron chi connectivity index (χ4n) is 6.73.